The lowest BCUT2D eigenvalue weighted by molar-refractivity contribution is -0.141. The van der Waals surface area contributed by atoms with Gasteiger partial charge in [0.1, 0.15) is 5.01 Å². The van der Waals surface area contributed by atoms with Crippen molar-refractivity contribution in [2.24, 2.45) is 0 Å². The average molecular weight is 395 g/mol. The van der Waals surface area contributed by atoms with Gasteiger partial charge in [-0.05, 0) is 44.9 Å². The van der Waals surface area contributed by atoms with Gasteiger partial charge in [0, 0.05) is 46.3 Å². The largest absolute Gasteiger partial charge is 0.457 e. The maximum atomic E-state index is 12.5. The third-order valence-electron chi connectivity index (χ3n) is 4.85. The summed E-state index contributed by atoms with van der Waals surface area (Å²) in [5.41, 5.74) is 4.23. The molecule has 6 nitrogen and oxygen atoms in total. The predicted octanol–water partition coefficient (Wildman–Crippen LogP) is 3.93. The molecule has 1 saturated carbocycles. The minimum absolute atomic E-state index is 0.0468. The van der Waals surface area contributed by atoms with E-state index in [2.05, 4.69) is 14.5 Å². The Hall–Kier alpha value is -2.80. The number of hydrogen-bond donors (Lipinski definition) is 0. The molecular weight excluding hydrogens is 374 g/mol. The molecule has 0 radical (unpaired) electrons. The second kappa shape index (κ2) is 7.67. The lowest BCUT2D eigenvalue weighted by atomic mass is 10.1. The first kappa shape index (κ1) is 18.6. The Kier molecular flexibility index (Phi) is 5.09. The van der Waals surface area contributed by atoms with Crippen LogP contribution < -0.4 is 0 Å². The summed E-state index contributed by atoms with van der Waals surface area (Å²) < 4.78 is 7.42. The Labute approximate surface area is 167 Å². The Morgan fingerprint density at radius 2 is 2.14 bits per heavy atom. The number of pyridine rings is 1. The topological polar surface area (TPSA) is 74.1 Å². The fourth-order valence-electron chi connectivity index (χ4n) is 3.39. The van der Waals surface area contributed by atoms with Gasteiger partial charge in [0.15, 0.2) is 6.61 Å². The molecule has 0 atom stereocenters. The zero-order valence-electron chi connectivity index (χ0n) is 15.8. The van der Waals surface area contributed by atoms with Crippen LogP contribution in [0.4, 0.5) is 0 Å². The molecule has 28 heavy (non-hydrogen) atoms. The molecule has 3 aromatic rings. The number of aryl methyl sites for hydroxylation is 1. The number of thiazole rings is 1. The smallest absolute Gasteiger partial charge is 0.312 e. The zero-order valence-corrected chi connectivity index (χ0v) is 16.7. The van der Waals surface area contributed by atoms with Gasteiger partial charge < -0.3 is 9.30 Å². The monoisotopic (exact) mass is 395 g/mol. The molecule has 1 aliphatic rings. The van der Waals surface area contributed by atoms with Crippen LogP contribution in [-0.4, -0.2) is 32.9 Å². The van der Waals surface area contributed by atoms with Crippen LogP contribution in [0.3, 0.4) is 0 Å². The number of nitrogens with zero attached hydrogens (tertiary/aromatic N) is 3. The third kappa shape index (κ3) is 3.89. The van der Waals surface area contributed by atoms with Crippen LogP contribution in [-0.2, 0) is 16.0 Å². The zero-order chi connectivity index (χ0) is 19.7. The average Bonchev–Trinajstić information content (AvgIpc) is 3.33. The molecule has 0 aliphatic heterocycles. The van der Waals surface area contributed by atoms with Gasteiger partial charge in [0.2, 0.25) is 5.78 Å². The number of ether oxygens (including phenoxy) is 1. The van der Waals surface area contributed by atoms with Crippen LogP contribution in [0.5, 0.6) is 0 Å². The third-order valence-corrected chi connectivity index (χ3v) is 5.79. The summed E-state index contributed by atoms with van der Waals surface area (Å²) in [4.78, 5) is 33.2. The van der Waals surface area contributed by atoms with E-state index < -0.39 is 5.97 Å². The molecule has 0 unspecified atom stereocenters. The van der Waals surface area contributed by atoms with E-state index in [4.69, 9.17) is 4.74 Å². The molecule has 0 aromatic carbocycles. The van der Waals surface area contributed by atoms with Crippen molar-refractivity contribution < 1.29 is 14.3 Å². The van der Waals surface area contributed by atoms with Crippen LogP contribution >= 0.6 is 11.3 Å². The van der Waals surface area contributed by atoms with Gasteiger partial charge in [0.25, 0.3) is 0 Å². The van der Waals surface area contributed by atoms with Crippen molar-refractivity contribution >= 4 is 23.1 Å². The molecule has 0 saturated heterocycles. The van der Waals surface area contributed by atoms with E-state index in [9.17, 15) is 9.59 Å². The Bertz CT molecular complexity index is 1020. The van der Waals surface area contributed by atoms with Gasteiger partial charge in [-0.2, -0.15) is 0 Å². The summed E-state index contributed by atoms with van der Waals surface area (Å²) in [5.74, 6) is -0.616. The summed E-state index contributed by atoms with van der Waals surface area (Å²) in [7, 11) is 0. The van der Waals surface area contributed by atoms with E-state index in [1.165, 1.54) is 11.3 Å². The maximum Gasteiger partial charge on any atom is 0.312 e. The molecule has 1 fully saturated rings. The number of ketones is 1. The highest BCUT2D eigenvalue weighted by Crippen LogP contribution is 2.38. The van der Waals surface area contributed by atoms with Gasteiger partial charge in [-0.15, -0.1) is 11.3 Å². The van der Waals surface area contributed by atoms with Crippen molar-refractivity contribution in [1.82, 2.24) is 14.5 Å². The molecule has 3 aromatic heterocycles. The Balaban J connectivity index is 1.34. The first-order valence-corrected chi connectivity index (χ1v) is 10.1. The summed E-state index contributed by atoms with van der Waals surface area (Å²) in [6.07, 6.45) is 5.80. The fourth-order valence-corrected chi connectivity index (χ4v) is 4.20. The molecule has 0 bridgehead atoms. The first-order valence-electron chi connectivity index (χ1n) is 9.25. The van der Waals surface area contributed by atoms with Crippen molar-refractivity contribution in [3.05, 3.63) is 58.6 Å². The standard InChI is InChI=1S/C21H21N3O3S/c1-13-8-18(14(2)24(13)17-5-6-17)19(25)11-27-20(26)9-16-12-28-21(23-16)15-4-3-7-22-10-15/h3-4,7-8,10,12,17H,5-6,9,11H2,1-2H3. The van der Waals surface area contributed by atoms with E-state index in [0.717, 1.165) is 34.8 Å². The van der Waals surface area contributed by atoms with E-state index in [1.54, 1.807) is 12.4 Å². The second-order valence-corrected chi connectivity index (χ2v) is 7.89. The lowest BCUT2D eigenvalue weighted by Crippen LogP contribution is -2.16. The number of rotatable bonds is 7. The quantitative estimate of drug-likeness (QED) is 0.448. The van der Waals surface area contributed by atoms with Crippen LogP contribution in [0, 0.1) is 13.8 Å². The lowest BCUT2D eigenvalue weighted by Gasteiger charge is -2.07. The molecule has 4 rings (SSSR count). The van der Waals surface area contributed by atoms with Gasteiger partial charge in [-0.25, -0.2) is 4.98 Å². The van der Waals surface area contributed by atoms with Crippen LogP contribution in [0.2, 0.25) is 0 Å². The number of carbonyl (C=O) groups is 2. The molecule has 144 valence electrons. The van der Waals surface area contributed by atoms with E-state index in [-0.39, 0.29) is 18.8 Å². The van der Waals surface area contributed by atoms with Gasteiger partial charge in [-0.1, -0.05) is 0 Å². The molecular formula is C21H21N3O3S. The van der Waals surface area contributed by atoms with Gasteiger partial charge in [0.05, 0.1) is 12.1 Å². The van der Waals surface area contributed by atoms with Crippen molar-refractivity contribution in [3.63, 3.8) is 0 Å². The highest BCUT2D eigenvalue weighted by atomic mass is 32.1. The van der Waals surface area contributed by atoms with Crippen LogP contribution in [0.1, 0.15) is 46.3 Å². The van der Waals surface area contributed by atoms with Crippen molar-refractivity contribution in [3.8, 4) is 10.6 Å². The minimum Gasteiger partial charge on any atom is -0.457 e. The van der Waals surface area contributed by atoms with E-state index in [1.807, 2.05) is 37.4 Å². The molecule has 0 amide bonds. The number of aromatic nitrogens is 3. The SMILES string of the molecule is Cc1cc(C(=O)COC(=O)Cc2csc(-c3cccnc3)n2)c(C)n1C1CC1. The maximum absolute atomic E-state index is 12.5. The Morgan fingerprint density at radius 1 is 1.32 bits per heavy atom. The predicted molar refractivity (Wildman–Crippen MR) is 107 cm³/mol. The molecule has 1 aliphatic carbocycles. The van der Waals surface area contributed by atoms with Crippen molar-refractivity contribution in [2.75, 3.05) is 6.61 Å². The summed E-state index contributed by atoms with van der Waals surface area (Å²) in [5, 5.41) is 2.63. The molecule has 7 heteroatoms. The molecule has 3 heterocycles. The first-order chi connectivity index (χ1) is 13.5. The number of hydrogen-bond acceptors (Lipinski definition) is 6. The summed E-state index contributed by atoms with van der Waals surface area (Å²) in [6.45, 7) is 3.72. The summed E-state index contributed by atoms with van der Waals surface area (Å²) in [6, 6.07) is 6.17. The Morgan fingerprint density at radius 3 is 2.86 bits per heavy atom. The van der Waals surface area contributed by atoms with Gasteiger partial charge in [-0.3, -0.25) is 14.6 Å². The number of Topliss-reactive ketones (excluding diaryl/α,β-unsaturated/α-hetero) is 1. The van der Waals surface area contributed by atoms with Crippen LogP contribution in [0.25, 0.3) is 10.6 Å². The minimum atomic E-state index is -0.451. The normalized spacial score (nSPS) is 13.5. The van der Waals surface area contributed by atoms with E-state index in [0.29, 0.717) is 17.3 Å². The second-order valence-electron chi connectivity index (χ2n) is 7.03. The van der Waals surface area contributed by atoms with Crippen molar-refractivity contribution in [1.29, 1.82) is 0 Å². The number of esters is 1. The summed E-state index contributed by atoms with van der Waals surface area (Å²) >= 11 is 1.45. The van der Waals surface area contributed by atoms with Gasteiger partial charge >= 0.3 is 5.97 Å². The molecule has 0 spiro atoms. The van der Waals surface area contributed by atoms with Crippen molar-refractivity contribution in [2.45, 2.75) is 39.2 Å². The fraction of sp³-hybridized carbons (Fsp3) is 0.333. The van der Waals surface area contributed by atoms with E-state index >= 15 is 0 Å². The highest BCUT2D eigenvalue weighted by molar-refractivity contribution is 7.13. The highest BCUT2D eigenvalue weighted by Gasteiger charge is 2.28. The van der Waals surface area contributed by atoms with Crippen LogP contribution in [0.15, 0.2) is 36.0 Å². The molecule has 0 N–H and O–H groups in total. The number of carbonyl (C=O) groups excluding carboxylic acids is 2.